The second kappa shape index (κ2) is 16.5. The lowest BCUT2D eigenvalue weighted by Crippen LogP contribution is -2.59. The number of rotatable bonds is 8. The molecule has 0 bridgehead atoms. The van der Waals surface area contributed by atoms with Crippen molar-refractivity contribution in [2.45, 2.75) is 114 Å². The topological polar surface area (TPSA) is 182 Å². The predicted molar refractivity (Wildman–Crippen MR) is 222 cm³/mol. The van der Waals surface area contributed by atoms with Crippen LogP contribution in [0.25, 0.3) is 22.0 Å². The normalized spacial score (nSPS) is 28.2. The van der Waals surface area contributed by atoms with Gasteiger partial charge in [-0.2, -0.15) is 0 Å². The highest BCUT2D eigenvalue weighted by Crippen LogP contribution is 2.46. The van der Waals surface area contributed by atoms with Gasteiger partial charge in [0.15, 0.2) is 0 Å². The zero-order valence-electron chi connectivity index (χ0n) is 34.5. The van der Waals surface area contributed by atoms with E-state index in [1.807, 2.05) is 67.6 Å². The summed E-state index contributed by atoms with van der Waals surface area (Å²) >= 11 is 0. The number of benzene rings is 2. The van der Waals surface area contributed by atoms with E-state index in [1.165, 1.54) is 4.90 Å². The number of carbonyl (C=O) groups is 4. The molecule has 2 saturated carbocycles. The van der Waals surface area contributed by atoms with Crippen molar-refractivity contribution in [3.05, 3.63) is 66.7 Å². The Kier molecular flexibility index (Phi) is 11.7. The molecule has 0 spiro atoms. The molecule has 14 nitrogen and oxygen atoms in total. The number of fused-ring (bicyclic) bond motifs is 3. The van der Waals surface area contributed by atoms with Crippen LogP contribution in [-0.2, 0) is 29.1 Å². The van der Waals surface area contributed by atoms with E-state index in [4.69, 9.17) is 19.2 Å². The molecule has 7 rings (SSSR count). The lowest BCUT2D eigenvalue weighted by molar-refractivity contribution is -0.142. The van der Waals surface area contributed by atoms with Crippen molar-refractivity contribution in [3.63, 3.8) is 0 Å². The minimum Gasteiger partial charge on any atom is -0.497 e. The van der Waals surface area contributed by atoms with Crippen LogP contribution in [0.2, 0.25) is 0 Å². The number of amides is 4. The van der Waals surface area contributed by atoms with E-state index in [0.29, 0.717) is 48.4 Å². The van der Waals surface area contributed by atoms with Crippen molar-refractivity contribution in [1.29, 1.82) is 0 Å². The number of allylic oxidation sites excluding steroid dienone is 1. The van der Waals surface area contributed by atoms with Gasteiger partial charge < -0.3 is 29.7 Å². The number of nitrogens with zero attached hydrogens (tertiary/aromatic N) is 2. The standard InChI is InChI=1S/C44H55N5O9S/c1-26-12-10-11-15-30-24-44(30,41(52)48-59(54,55)33-17-18-33)47-38(50)36-23-32(25-49(36)40(51)37(27(2)20-26)46-42(53)58-43(3,4)5)57-39-34-19-16-31(56-6)21-29(34)22-35(45-39)28-13-8-7-9-14-28/h7-9,11,13-16,19,21-22,26-27,30,32-33,36-37H,10,12,17-18,20,23-25H2,1-6H3,(H,46,53)(H,47,50)(H,48,52)/b15-11-/t26-,27-,30-,32-,36?,37+,44-/m1/s1. The molecule has 7 atom stereocenters. The molecular formula is C44H55N5O9S. The van der Waals surface area contributed by atoms with Gasteiger partial charge in [0.1, 0.15) is 35.1 Å². The number of hydrogen-bond donors (Lipinski definition) is 3. The number of aromatic nitrogens is 1. The van der Waals surface area contributed by atoms with Crippen LogP contribution < -0.4 is 24.8 Å². The fourth-order valence-corrected chi connectivity index (χ4v) is 9.63. The molecule has 0 radical (unpaired) electrons. The number of hydrogen-bond acceptors (Lipinski definition) is 10. The summed E-state index contributed by atoms with van der Waals surface area (Å²) in [5.41, 5.74) is -0.858. The number of pyridine rings is 1. The third-order valence-corrected chi connectivity index (χ3v) is 13.5. The Balaban J connectivity index is 1.26. The van der Waals surface area contributed by atoms with E-state index in [1.54, 1.807) is 33.9 Å². The van der Waals surface area contributed by atoms with Crippen LogP contribution in [0.1, 0.15) is 79.6 Å². The van der Waals surface area contributed by atoms with Crippen LogP contribution in [0.5, 0.6) is 11.6 Å². The molecule has 3 heterocycles. The first-order chi connectivity index (χ1) is 28.0. The number of methoxy groups -OCH3 is 1. The molecule has 2 aliphatic heterocycles. The number of alkyl carbamates (subject to hydrolysis) is 1. The molecule has 1 aromatic heterocycles. The molecule has 3 N–H and O–H groups in total. The molecule has 59 heavy (non-hydrogen) atoms. The highest BCUT2D eigenvalue weighted by atomic mass is 32.2. The largest absolute Gasteiger partial charge is 0.497 e. The number of sulfonamides is 1. The molecule has 3 aromatic rings. The Hall–Kier alpha value is -5.18. The summed E-state index contributed by atoms with van der Waals surface area (Å²) in [5.74, 6) is -1.65. The maximum Gasteiger partial charge on any atom is 0.408 e. The second-order valence-corrected chi connectivity index (χ2v) is 19.6. The van der Waals surface area contributed by atoms with E-state index in [2.05, 4.69) is 22.3 Å². The summed E-state index contributed by atoms with van der Waals surface area (Å²) in [6, 6.07) is 14.9. The minimum absolute atomic E-state index is 0.0228. The Labute approximate surface area is 345 Å². The number of ether oxygens (including phenoxy) is 3. The molecule has 2 aromatic carbocycles. The lowest BCUT2D eigenvalue weighted by atomic mass is 9.88. The smallest absolute Gasteiger partial charge is 0.408 e. The predicted octanol–water partition coefficient (Wildman–Crippen LogP) is 5.65. The molecular weight excluding hydrogens is 775 g/mol. The van der Waals surface area contributed by atoms with Gasteiger partial charge in [-0.1, -0.05) is 56.3 Å². The average Bonchev–Trinajstić information content (AvgIpc) is 4.11. The highest BCUT2D eigenvalue weighted by Gasteiger charge is 2.62. The van der Waals surface area contributed by atoms with Crippen LogP contribution in [0.4, 0.5) is 4.79 Å². The lowest BCUT2D eigenvalue weighted by Gasteiger charge is -2.33. The second-order valence-electron chi connectivity index (χ2n) is 17.6. The van der Waals surface area contributed by atoms with E-state index in [-0.39, 0.29) is 31.2 Å². The molecule has 2 aliphatic carbocycles. The summed E-state index contributed by atoms with van der Waals surface area (Å²) < 4.78 is 46.0. The molecule has 4 amide bonds. The maximum absolute atomic E-state index is 14.9. The molecule has 4 aliphatic rings. The van der Waals surface area contributed by atoms with Crippen LogP contribution >= 0.6 is 0 Å². The van der Waals surface area contributed by atoms with E-state index in [0.717, 1.165) is 17.4 Å². The Bertz CT molecular complexity index is 2240. The SMILES string of the molecule is COc1ccc2c(O[C@@H]3CC4C(=O)N[C@]5(C(=O)NS(=O)(=O)C6CC6)C[C@H]5/C=C\CC[C@@H](C)C[C@@H](C)[C@H](NC(=O)OC(C)(C)C)C(=O)N4C3)nc(-c3ccccc3)cc2c1. The van der Waals surface area contributed by atoms with Crippen molar-refractivity contribution >= 4 is 44.6 Å². The Morgan fingerprint density at radius 1 is 1.00 bits per heavy atom. The molecule has 15 heteroatoms. The molecule has 1 unspecified atom stereocenters. The third-order valence-electron chi connectivity index (χ3n) is 11.6. The van der Waals surface area contributed by atoms with Gasteiger partial charge in [-0.25, -0.2) is 18.2 Å². The molecule has 3 fully saturated rings. The van der Waals surface area contributed by atoms with Crippen molar-refractivity contribution in [2.24, 2.45) is 17.8 Å². The zero-order valence-corrected chi connectivity index (χ0v) is 35.3. The third kappa shape index (κ3) is 9.50. The number of nitrogens with one attached hydrogen (secondary N) is 3. The minimum atomic E-state index is -3.92. The van der Waals surface area contributed by atoms with E-state index in [9.17, 15) is 27.6 Å². The van der Waals surface area contributed by atoms with Gasteiger partial charge in [-0.3, -0.25) is 19.1 Å². The summed E-state index contributed by atoms with van der Waals surface area (Å²) in [6.45, 7) is 9.15. The fourth-order valence-electron chi connectivity index (χ4n) is 8.27. The van der Waals surface area contributed by atoms with Crippen molar-refractivity contribution in [2.75, 3.05) is 13.7 Å². The summed E-state index contributed by atoms with van der Waals surface area (Å²) in [4.78, 5) is 63.1. The molecule has 1 saturated heterocycles. The first-order valence-electron chi connectivity index (χ1n) is 20.5. The van der Waals surface area contributed by atoms with Crippen LogP contribution in [0.15, 0.2) is 66.7 Å². The van der Waals surface area contributed by atoms with Gasteiger partial charge >= 0.3 is 6.09 Å². The maximum atomic E-state index is 14.9. The van der Waals surface area contributed by atoms with Gasteiger partial charge in [0, 0.05) is 23.3 Å². The quantitative estimate of drug-likeness (QED) is 0.240. The zero-order chi connectivity index (χ0) is 42.3. The Morgan fingerprint density at radius 3 is 2.44 bits per heavy atom. The first-order valence-corrected chi connectivity index (χ1v) is 22.1. The van der Waals surface area contributed by atoms with E-state index < -0.39 is 74.3 Å². The average molecular weight is 830 g/mol. The van der Waals surface area contributed by atoms with Crippen LogP contribution in [0, 0.1) is 17.8 Å². The van der Waals surface area contributed by atoms with Gasteiger partial charge in [0.25, 0.3) is 5.91 Å². The first kappa shape index (κ1) is 42.0. The van der Waals surface area contributed by atoms with Gasteiger partial charge in [0.2, 0.25) is 27.7 Å². The van der Waals surface area contributed by atoms with Crippen molar-refractivity contribution in [3.8, 4) is 22.9 Å². The Morgan fingerprint density at radius 2 is 1.75 bits per heavy atom. The number of carbonyl (C=O) groups excluding carboxylic acids is 4. The monoisotopic (exact) mass is 829 g/mol. The fraction of sp³-hybridized carbons (Fsp3) is 0.523. The summed E-state index contributed by atoms with van der Waals surface area (Å²) in [6.07, 6.45) is 5.50. The molecule has 316 valence electrons. The van der Waals surface area contributed by atoms with Gasteiger partial charge in [-0.15, -0.1) is 0 Å². The van der Waals surface area contributed by atoms with Crippen LogP contribution in [-0.4, -0.2) is 90.3 Å². The summed E-state index contributed by atoms with van der Waals surface area (Å²) in [7, 11) is -2.33. The van der Waals surface area contributed by atoms with Gasteiger partial charge in [-0.05, 0) is 101 Å². The highest BCUT2D eigenvalue weighted by molar-refractivity contribution is 7.91. The van der Waals surface area contributed by atoms with E-state index >= 15 is 0 Å². The van der Waals surface area contributed by atoms with Gasteiger partial charge in [0.05, 0.1) is 24.6 Å². The van der Waals surface area contributed by atoms with Crippen LogP contribution in [0.3, 0.4) is 0 Å². The van der Waals surface area contributed by atoms with Crippen molar-refractivity contribution < 1.29 is 41.8 Å². The van der Waals surface area contributed by atoms with Crippen molar-refractivity contribution in [1.82, 2.24) is 25.2 Å². The summed E-state index contributed by atoms with van der Waals surface area (Å²) in [5, 5.41) is 6.61.